The molecule has 6 rings (SSSR count). The monoisotopic (exact) mass is 787 g/mol. The average Bonchev–Trinajstić information content (AvgIpc) is 3.53. The Labute approximate surface area is 326 Å². The van der Waals surface area contributed by atoms with Gasteiger partial charge in [-0.3, -0.25) is 9.59 Å². The second-order valence-electron chi connectivity index (χ2n) is 14.7. The SMILES string of the molecule is CC[C@@]1(OC(=O)OCc2ccc(NC(=O)[C@@H](C)CCCCN)cc2)C(=O)OCc2c1cc1n(c2=O)Cc2c-1nc1ccccc1c2CCN(C(C)C)S(C)(=O)=O. The molecule has 2 aromatic heterocycles. The molecule has 0 saturated heterocycles. The van der Waals surface area contributed by atoms with E-state index in [2.05, 4.69) is 5.32 Å². The Kier molecular flexibility index (Phi) is 12.0. The first kappa shape index (κ1) is 40.5. The number of anilines is 1. The fourth-order valence-corrected chi connectivity index (χ4v) is 8.76. The molecule has 298 valence electrons. The summed E-state index contributed by atoms with van der Waals surface area (Å²) in [5.74, 6) is -1.09. The number of benzene rings is 2. The van der Waals surface area contributed by atoms with E-state index in [1.165, 1.54) is 10.6 Å². The summed E-state index contributed by atoms with van der Waals surface area (Å²) in [6.45, 7) is 7.68. The van der Waals surface area contributed by atoms with Crippen molar-refractivity contribution in [3.63, 3.8) is 0 Å². The van der Waals surface area contributed by atoms with Crippen molar-refractivity contribution in [3.8, 4) is 11.4 Å². The van der Waals surface area contributed by atoms with Gasteiger partial charge >= 0.3 is 12.1 Å². The highest BCUT2D eigenvalue weighted by Crippen LogP contribution is 2.42. The lowest BCUT2D eigenvalue weighted by Gasteiger charge is -2.35. The molecule has 4 heterocycles. The third-order valence-corrected chi connectivity index (χ3v) is 12.1. The van der Waals surface area contributed by atoms with Gasteiger partial charge in [-0.05, 0) is 81.5 Å². The van der Waals surface area contributed by atoms with Crippen LogP contribution in [0.25, 0.3) is 22.3 Å². The van der Waals surface area contributed by atoms with E-state index in [4.69, 9.17) is 24.9 Å². The summed E-state index contributed by atoms with van der Waals surface area (Å²) in [4.78, 5) is 58.6. The number of aromatic nitrogens is 2. The first-order valence-electron chi connectivity index (χ1n) is 19.0. The molecule has 15 heteroatoms. The number of nitrogens with zero attached hydrogens (tertiary/aromatic N) is 3. The topological polar surface area (TPSA) is 189 Å². The van der Waals surface area contributed by atoms with Crippen LogP contribution in [0.15, 0.2) is 59.4 Å². The minimum atomic E-state index is -3.49. The highest BCUT2D eigenvalue weighted by molar-refractivity contribution is 7.88. The van der Waals surface area contributed by atoms with E-state index in [9.17, 15) is 27.6 Å². The van der Waals surface area contributed by atoms with Crippen molar-refractivity contribution < 1.29 is 37.0 Å². The lowest BCUT2D eigenvalue weighted by molar-refractivity contribution is -0.175. The van der Waals surface area contributed by atoms with Crippen molar-refractivity contribution in [2.45, 2.75) is 91.2 Å². The smallest absolute Gasteiger partial charge is 0.457 e. The van der Waals surface area contributed by atoms with Gasteiger partial charge in [0.25, 0.3) is 5.56 Å². The van der Waals surface area contributed by atoms with Gasteiger partial charge in [-0.25, -0.2) is 23.0 Å². The van der Waals surface area contributed by atoms with E-state index in [0.29, 0.717) is 41.1 Å². The molecule has 56 heavy (non-hydrogen) atoms. The van der Waals surface area contributed by atoms with Crippen LogP contribution >= 0.6 is 0 Å². The highest BCUT2D eigenvalue weighted by Gasteiger charge is 2.51. The van der Waals surface area contributed by atoms with Gasteiger partial charge in [0.05, 0.1) is 35.3 Å². The van der Waals surface area contributed by atoms with Crippen LogP contribution in [0.4, 0.5) is 10.5 Å². The molecule has 0 radical (unpaired) electrons. The summed E-state index contributed by atoms with van der Waals surface area (Å²) in [7, 11) is -3.49. The molecule has 0 unspecified atom stereocenters. The Morgan fingerprint density at radius 2 is 1.80 bits per heavy atom. The van der Waals surface area contributed by atoms with Crippen molar-refractivity contribution in [1.82, 2.24) is 13.9 Å². The van der Waals surface area contributed by atoms with Crippen LogP contribution in [-0.2, 0) is 65.6 Å². The average molecular weight is 788 g/mol. The summed E-state index contributed by atoms with van der Waals surface area (Å²) in [5.41, 5.74) is 8.05. The molecular formula is C41H49N5O9S. The highest BCUT2D eigenvalue weighted by atomic mass is 32.2. The minimum absolute atomic E-state index is 0.0460. The van der Waals surface area contributed by atoms with Gasteiger partial charge in [0.15, 0.2) is 0 Å². The van der Waals surface area contributed by atoms with Crippen molar-refractivity contribution in [2.24, 2.45) is 11.7 Å². The van der Waals surface area contributed by atoms with Crippen LogP contribution in [0.5, 0.6) is 0 Å². The van der Waals surface area contributed by atoms with Crippen LogP contribution in [0.3, 0.4) is 0 Å². The number of ether oxygens (including phenoxy) is 3. The van der Waals surface area contributed by atoms with Crippen molar-refractivity contribution in [3.05, 3.63) is 92.8 Å². The molecule has 0 aliphatic carbocycles. The number of hydrogen-bond donors (Lipinski definition) is 2. The Morgan fingerprint density at radius 3 is 2.48 bits per heavy atom. The fraction of sp³-hybridized carbons (Fsp3) is 0.439. The van der Waals surface area contributed by atoms with E-state index >= 15 is 0 Å². The number of hydrogen-bond acceptors (Lipinski definition) is 11. The summed E-state index contributed by atoms with van der Waals surface area (Å²) >= 11 is 0. The van der Waals surface area contributed by atoms with Gasteiger partial charge in [-0.1, -0.05) is 50.6 Å². The van der Waals surface area contributed by atoms with Gasteiger partial charge in [-0.15, -0.1) is 0 Å². The lowest BCUT2D eigenvalue weighted by Crippen LogP contribution is -2.47. The molecule has 14 nitrogen and oxygen atoms in total. The third kappa shape index (κ3) is 8.06. The molecule has 3 N–H and O–H groups in total. The zero-order chi connectivity index (χ0) is 40.4. The van der Waals surface area contributed by atoms with Crippen molar-refractivity contribution >= 4 is 44.6 Å². The van der Waals surface area contributed by atoms with E-state index in [-0.39, 0.29) is 61.7 Å². The molecule has 2 aliphatic rings. The van der Waals surface area contributed by atoms with E-state index < -0.39 is 33.3 Å². The number of esters is 1. The van der Waals surface area contributed by atoms with Gasteiger partial charge < -0.3 is 29.8 Å². The molecular weight excluding hydrogens is 739 g/mol. The maximum Gasteiger partial charge on any atom is 0.510 e. The summed E-state index contributed by atoms with van der Waals surface area (Å²) in [6, 6.07) is 15.8. The number of carbonyl (C=O) groups is 3. The molecule has 2 aliphatic heterocycles. The zero-order valence-corrected chi connectivity index (χ0v) is 33.2. The number of pyridine rings is 2. The number of sulfonamides is 1. The number of carbonyl (C=O) groups excluding carboxylic acids is 3. The molecule has 2 atom stereocenters. The third-order valence-electron chi connectivity index (χ3n) is 10.6. The van der Waals surface area contributed by atoms with E-state index in [0.717, 1.165) is 35.8 Å². The number of amides is 1. The van der Waals surface area contributed by atoms with Gasteiger partial charge in [0.1, 0.15) is 13.2 Å². The number of rotatable bonds is 15. The van der Waals surface area contributed by atoms with Gasteiger partial charge in [0.2, 0.25) is 21.5 Å². The van der Waals surface area contributed by atoms with Crippen LogP contribution < -0.4 is 16.6 Å². The van der Waals surface area contributed by atoms with Crippen LogP contribution in [0, 0.1) is 5.92 Å². The van der Waals surface area contributed by atoms with E-state index in [1.807, 2.05) is 45.0 Å². The normalized spacial score (nSPS) is 16.6. The summed E-state index contributed by atoms with van der Waals surface area (Å²) in [5, 5.41) is 3.74. The molecule has 1 amide bonds. The van der Waals surface area contributed by atoms with Crippen molar-refractivity contribution in [2.75, 3.05) is 24.7 Å². The fourth-order valence-electron chi connectivity index (χ4n) is 7.57. The minimum Gasteiger partial charge on any atom is -0.457 e. The Morgan fingerprint density at radius 1 is 1.07 bits per heavy atom. The summed E-state index contributed by atoms with van der Waals surface area (Å²) in [6.07, 6.45) is 2.86. The quantitative estimate of drug-likeness (QED) is 0.103. The molecule has 0 saturated carbocycles. The Balaban J connectivity index is 1.25. The summed E-state index contributed by atoms with van der Waals surface area (Å²) < 4.78 is 45.0. The lowest BCUT2D eigenvalue weighted by atomic mass is 9.85. The van der Waals surface area contributed by atoms with Crippen LogP contribution in [0.1, 0.15) is 81.2 Å². The van der Waals surface area contributed by atoms with Gasteiger partial charge in [0, 0.05) is 40.7 Å². The van der Waals surface area contributed by atoms with Crippen LogP contribution in [-0.4, -0.2) is 65.7 Å². The maximum atomic E-state index is 14.2. The first-order chi connectivity index (χ1) is 26.7. The number of cyclic esters (lactones) is 1. The van der Waals surface area contributed by atoms with Crippen molar-refractivity contribution in [1.29, 1.82) is 0 Å². The van der Waals surface area contributed by atoms with Crippen LogP contribution in [0.2, 0.25) is 0 Å². The Hall–Kier alpha value is -5.12. The molecule has 2 aromatic carbocycles. The molecule has 4 aromatic rings. The number of para-hydroxylation sites is 1. The number of nitrogens with one attached hydrogen (secondary N) is 1. The second kappa shape index (κ2) is 16.5. The molecule has 0 bridgehead atoms. The standard InChI is InChI=1S/C41H49N5O9S/c1-6-41(55-40(50)54-23-27-14-16-28(17-15-27)43-37(47)26(4)11-9-10-19-42)33-21-35-36-31(22-45(35)38(48)32(33)24-53-39(41)49)29(30-12-7-8-13-34(30)44-36)18-20-46(25(2)3)56(5,51)52/h7-8,12-17,21,25-26H,6,9-11,18-20,22-24,42H2,1-5H3,(H,43,47)/t26-,41-/m0/s1. The zero-order valence-electron chi connectivity index (χ0n) is 32.4. The molecule has 0 spiro atoms. The number of nitrogens with two attached hydrogens (primary N) is 1. The van der Waals surface area contributed by atoms with E-state index in [1.54, 1.807) is 41.8 Å². The Bertz CT molecular complexity index is 2320. The second-order valence-corrected chi connectivity index (χ2v) is 16.7. The number of fused-ring (bicyclic) bond motifs is 5. The van der Waals surface area contributed by atoms with Gasteiger partial charge in [-0.2, -0.15) is 4.31 Å². The largest absolute Gasteiger partial charge is 0.510 e. The predicted octanol–water partition coefficient (Wildman–Crippen LogP) is 5.36. The number of unbranched alkanes of at least 4 members (excludes halogenated alkanes) is 1. The molecule has 0 fully saturated rings. The first-order valence-corrected chi connectivity index (χ1v) is 20.8. The predicted molar refractivity (Wildman–Crippen MR) is 211 cm³/mol. The maximum absolute atomic E-state index is 14.2.